The van der Waals surface area contributed by atoms with Crippen molar-refractivity contribution in [1.29, 1.82) is 0 Å². The van der Waals surface area contributed by atoms with Gasteiger partial charge in [0.15, 0.2) is 5.82 Å². The first kappa shape index (κ1) is 16.0. The third-order valence-corrected chi connectivity index (χ3v) is 3.83. The third-order valence-electron chi connectivity index (χ3n) is 3.83. The molecule has 1 aliphatic rings. The molecule has 1 aromatic rings. The molecule has 2 rings (SSSR count). The van der Waals surface area contributed by atoms with Gasteiger partial charge in [0.2, 0.25) is 0 Å². The maximum absolute atomic E-state index is 9.13. The molecule has 0 bridgehead atoms. The van der Waals surface area contributed by atoms with E-state index in [-0.39, 0.29) is 6.61 Å². The first-order chi connectivity index (χ1) is 10.3. The second kappa shape index (κ2) is 8.14. The molecule has 6 heteroatoms. The molecule has 1 saturated heterocycles. The minimum atomic E-state index is 0.264. The quantitative estimate of drug-likeness (QED) is 0.797. The highest BCUT2D eigenvalue weighted by Gasteiger charge is 2.21. The summed E-state index contributed by atoms with van der Waals surface area (Å²) in [5.41, 5.74) is 0. The fourth-order valence-corrected chi connectivity index (χ4v) is 2.72. The van der Waals surface area contributed by atoms with Gasteiger partial charge in [-0.3, -0.25) is 0 Å². The normalized spacial score (nSPS) is 18.8. The second-order valence-electron chi connectivity index (χ2n) is 5.38. The van der Waals surface area contributed by atoms with Crippen LogP contribution in [0.3, 0.4) is 0 Å². The molecule has 0 aliphatic carbocycles. The van der Waals surface area contributed by atoms with Gasteiger partial charge in [0, 0.05) is 39.4 Å². The molecular formula is C15H26N4O2. The van der Waals surface area contributed by atoms with Gasteiger partial charge in [-0.05, 0) is 32.1 Å². The van der Waals surface area contributed by atoms with E-state index in [0.29, 0.717) is 25.0 Å². The molecular weight excluding hydrogens is 268 g/mol. The Morgan fingerprint density at radius 3 is 3.05 bits per heavy atom. The van der Waals surface area contributed by atoms with Gasteiger partial charge in [-0.25, -0.2) is 9.97 Å². The highest BCUT2D eigenvalue weighted by Crippen LogP contribution is 2.25. The van der Waals surface area contributed by atoms with Crippen LogP contribution in [0.1, 0.15) is 32.0 Å². The van der Waals surface area contributed by atoms with Crippen LogP contribution >= 0.6 is 0 Å². The first-order valence-corrected chi connectivity index (χ1v) is 7.76. The number of aromatic nitrogens is 2. The van der Waals surface area contributed by atoms with E-state index in [2.05, 4.69) is 20.2 Å². The van der Waals surface area contributed by atoms with E-state index in [1.165, 1.54) is 6.42 Å². The average molecular weight is 294 g/mol. The van der Waals surface area contributed by atoms with Crippen molar-refractivity contribution in [3.05, 3.63) is 11.9 Å². The van der Waals surface area contributed by atoms with E-state index in [1.54, 1.807) is 0 Å². The van der Waals surface area contributed by atoms with Gasteiger partial charge < -0.3 is 20.1 Å². The summed E-state index contributed by atoms with van der Waals surface area (Å²) >= 11 is 0. The van der Waals surface area contributed by atoms with Crippen LogP contribution in [-0.4, -0.2) is 48.4 Å². The average Bonchev–Trinajstić information content (AvgIpc) is 2.53. The Kier molecular flexibility index (Phi) is 6.20. The number of aliphatic hydroxyl groups excluding tert-OH is 1. The number of ether oxygens (including phenoxy) is 1. The first-order valence-electron chi connectivity index (χ1n) is 7.76. The van der Waals surface area contributed by atoms with Crippen molar-refractivity contribution in [1.82, 2.24) is 9.97 Å². The number of nitrogens with zero attached hydrogens (tertiary/aromatic N) is 3. The van der Waals surface area contributed by atoms with E-state index >= 15 is 0 Å². The standard InChI is InChI=1S/C15H26N4O2/c1-3-21-11-14-17-13(16-2)9-15(18-14)19-7-4-5-12(10-19)6-8-20/h9,12,20H,3-8,10-11H2,1-2H3,(H,16,17,18). The predicted molar refractivity (Wildman–Crippen MR) is 83.5 cm³/mol. The Morgan fingerprint density at radius 1 is 1.48 bits per heavy atom. The monoisotopic (exact) mass is 294 g/mol. The topological polar surface area (TPSA) is 70.5 Å². The molecule has 1 fully saturated rings. The number of anilines is 2. The van der Waals surface area contributed by atoms with Gasteiger partial charge >= 0.3 is 0 Å². The molecule has 1 aliphatic heterocycles. The Bertz CT molecular complexity index is 440. The predicted octanol–water partition coefficient (Wildman–Crippen LogP) is 1.65. The second-order valence-corrected chi connectivity index (χ2v) is 5.38. The summed E-state index contributed by atoms with van der Waals surface area (Å²) < 4.78 is 5.42. The summed E-state index contributed by atoms with van der Waals surface area (Å²) in [4.78, 5) is 11.3. The van der Waals surface area contributed by atoms with E-state index in [4.69, 9.17) is 9.84 Å². The molecule has 1 atom stereocenters. The largest absolute Gasteiger partial charge is 0.396 e. The highest BCUT2D eigenvalue weighted by molar-refractivity contribution is 5.49. The van der Waals surface area contributed by atoms with Crippen LogP contribution in [0, 0.1) is 5.92 Å². The molecule has 118 valence electrons. The van der Waals surface area contributed by atoms with Crippen molar-refractivity contribution in [2.24, 2.45) is 5.92 Å². The lowest BCUT2D eigenvalue weighted by atomic mass is 9.95. The van der Waals surface area contributed by atoms with Crippen LogP contribution in [0.25, 0.3) is 0 Å². The van der Waals surface area contributed by atoms with E-state index in [0.717, 1.165) is 37.6 Å². The van der Waals surface area contributed by atoms with Crippen LogP contribution in [0.5, 0.6) is 0 Å². The molecule has 6 nitrogen and oxygen atoms in total. The number of hydrogen-bond donors (Lipinski definition) is 2. The lowest BCUT2D eigenvalue weighted by molar-refractivity contribution is 0.128. The number of aliphatic hydroxyl groups is 1. The van der Waals surface area contributed by atoms with Gasteiger partial charge in [-0.1, -0.05) is 0 Å². The SMILES string of the molecule is CCOCc1nc(NC)cc(N2CCCC(CCO)C2)n1. The molecule has 0 saturated carbocycles. The van der Waals surface area contributed by atoms with Crippen LogP contribution < -0.4 is 10.2 Å². The lowest BCUT2D eigenvalue weighted by Crippen LogP contribution is -2.36. The Balaban J connectivity index is 2.13. The zero-order chi connectivity index (χ0) is 15.1. The fourth-order valence-electron chi connectivity index (χ4n) is 2.72. The number of nitrogens with one attached hydrogen (secondary N) is 1. The molecule has 21 heavy (non-hydrogen) atoms. The molecule has 1 aromatic heterocycles. The van der Waals surface area contributed by atoms with E-state index in [1.807, 2.05) is 20.0 Å². The van der Waals surface area contributed by atoms with Crippen molar-refractivity contribution in [3.63, 3.8) is 0 Å². The van der Waals surface area contributed by atoms with E-state index in [9.17, 15) is 0 Å². The van der Waals surface area contributed by atoms with Crippen LogP contribution in [-0.2, 0) is 11.3 Å². The number of rotatable bonds is 7. The zero-order valence-electron chi connectivity index (χ0n) is 13.0. The molecule has 2 N–H and O–H groups in total. The van der Waals surface area contributed by atoms with Gasteiger partial charge in [0.1, 0.15) is 18.2 Å². The molecule has 1 unspecified atom stereocenters. The minimum Gasteiger partial charge on any atom is -0.396 e. The van der Waals surface area contributed by atoms with Crippen LogP contribution in [0.4, 0.5) is 11.6 Å². The Labute approximate surface area is 126 Å². The van der Waals surface area contributed by atoms with Gasteiger partial charge in [0.05, 0.1) is 0 Å². The molecule has 2 heterocycles. The summed E-state index contributed by atoms with van der Waals surface area (Å²) in [7, 11) is 1.86. The molecule has 0 spiro atoms. The Hall–Kier alpha value is -1.40. The minimum absolute atomic E-state index is 0.264. The number of hydrogen-bond acceptors (Lipinski definition) is 6. The smallest absolute Gasteiger partial charge is 0.158 e. The molecule has 0 radical (unpaired) electrons. The van der Waals surface area contributed by atoms with Crippen LogP contribution in [0.15, 0.2) is 6.07 Å². The summed E-state index contributed by atoms with van der Waals surface area (Å²) in [5, 5.41) is 12.2. The van der Waals surface area contributed by atoms with Crippen molar-refractivity contribution in [3.8, 4) is 0 Å². The third kappa shape index (κ3) is 4.54. The lowest BCUT2D eigenvalue weighted by Gasteiger charge is -2.33. The maximum Gasteiger partial charge on any atom is 0.158 e. The van der Waals surface area contributed by atoms with Crippen molar-refractivity contribution < 1.29 is 9.84 Å². The summed E-state index contributed by atoms with van der Waals surface area (Å²) in [6.07, 6.45) is 3.20. The molecule has 0 amide bonds. The Morgan fingerprint density at radius 2 is 2.33 bits per heavy atom. The van der Waals surface area contributed by atoms with Crippen molar-refractivity contribution in [2.75, 3.05) is 43.6 Å². The van der Waals surface area contributed by atoms with Crippen molar-refractivity contribution >= 4 is 11.6 Å². The van der Waals surface area contributed by atoms with Crippen molar-refractivity contribution in [2.45, 2.75) is 32.8 Å². The van der Waals surface area contributed by atoms with Gasteiger partial charge in [-0.2, -0.15) is 0 Å². The number of piperidine rings is 1. The summed E-state index contributed by atoms with van der Waals surface area (Å²) in [6, 6.07) is 1.98. The zero-order valence-corrected chi connectivity index (χ0v) is 13.0. The van der Waals surface area contributed by atoms with Crippen LogP contribution in [0.2, 0.25) is 0 Å². The van der Waals surface area contributed by atoms with E-state index < -0.39 is 0 Å². The van der Waals surface area contributed by atoms with Gasteiger partial charge in [0.25, 0.3) is 0 Å². The fraction of sp³-hybridized carbons (Fsp3) is 0.733. The molecule has 0 aromatic carbocycles. The highest BCUT2D eigenvalue weighted by atomic mass is 16.5. The summed E-state index contributed by atoms with van der Waals surface area (Å²) in [5.74, 6) is 3.03. The summed E-state index contributed by atoms with van der Waals surface area (Å²) in [6.45, 7) is 5.29. The van der Waals surface area contributed by atoms with Gasteiger partial charge in [-0.15, -0.1) is 0 Å². The maximum atomic E-state index is 9.13.